The predicted octanol–water partition coefficient (Wildman–Crippen LogP) is 3.57. The molecule has 2 aliphatic rings. The Morgan fingerprint density at radius 2 is 2.58 bits per heavy atom. The summed E-state index contributed by atoms with van der Waals surface area (Å²) in [5.74, 6) is 2.02. The summed E-state index contributed by atoms with van der Waals surface area (Å²) in [6, 6.07) is 0. The lowest BCUT2D eigenvalue weighted by Crippen LogP contribution is -2.25. The Morgan fingerprint density at radius 3 is 3.26 bits per heavy atom. The summed E-state index contributed by atoms with van der Waals surface area (Å²) in [5.41, 5.74) is 0.615. The van der Waals surface area contributed by atoms with Gasteiger partial charge < -0.3 is 5.32 Å². The standard InChI is InChI=1S/C14H20N2OS2/c1-2-18-13-16-9-11(19-13)12(17)15-7-6-14-5-3-4-10(14)8-14/h9-10H,2-8H2,1H3,(H,15,17). The highest BCUT2D eigenvalue weighted by Crippen LogP contribution is 2.65. The van der Waals surface area contributed by atoms with Gasteiger partial charge in [-0.3, -0.25) is 4.79 Å². The molecule has 1 aromatic heterocycles. The molecule has 2 unspecified atom stereocenters. The molecule has 19 heavy (non-hydrogen) atoms. The number of fused-ring (bicyclic) bond motifs is 1. The van der Waals surface area contributed by atoms with Gasteiger partial charge in [-0.25, -0.2) is 4.98 Å². The van der Waals surface area contributed by atoms with E-state index in [1.807, 2.05) is 0 Å². The average Bonchev–Trinajstić information content (AvgIpc) is 2.79. The van der Waals surface area contributed by atoms with Gasteiger partial charge in [0.15, 0.2) is 4.34 Å². The van der Waals surface area contributed by atoms with Crippen LogP contribution in [0.3, 0.4) is 0 Å². The first-order valence-corrected chi connectivity index (χ1v) is 8.90. The first-order valence-electron chi connectivity index (χ1n) is 7.10. The maximum absolute atomic E-state index is 12.0. The van der Waals surface area contributed by atoms with Crippen LogP contribution in [0.4, 0.5) is 0 Å². The number of thiazole rings is 1. The highest BCUT2D eigenvalue weighted by Gasteiger charge is 2.55. The molecule has 0 spiro atoms. The minimum absolute atomic E-state index is 0.0482. The van der Waals surface area contributed by atoms with Crippen molar-refractivity contribution in [3.05, 3.63) is 11.1 Å². The Kier molecular flexibility index (Phi) is 3.85. The molecular weight excluding hydrogens is 276 g/mol. The fraction of sp³-hybridized carbons (Fsp3) is 0.714. The van der Waals surface area contributed by atoms with Crippen LogP contribution in [0.2, 0.25) is 0 Å². The number of hydrogen-bond donors (Lipinski definition) is 1. The van der Waals surface area contributed by atoms with Crippen molar-refractivity contribution in [2.75, 3.05) is 12.3 Å². The molecule has 1 heterocycles. The van der Waals surface area contributed by atoms with Gasteiger partial charge in [-0.2, -0.15) is 0 Å². The van der Waals surface area contributed by atoms with E-state index in [2.05, 4.69) is 17.2 Å². The summed E-state index contributed by atoms with van der Waals surface area (Å²) < 4.78 is 0.990. The number of aromatic nitrogens is 1. The maximum Gasteiger partial charge on any atom is 0.263 e. The summed E-state index contributed by atoms with van der Waals surface area (Å²) in [6.45, 7) is 2.92. The molecule has 0 saturated heterocycles. The molecule has 3 nitrogen and oxygen atoms in total. The zero-order chi connectivity index (χ0) is 13.3. The third-order valence-electron chi connectivity index (χ3n) is 4.47. The van der Waals surface area contributed by atoms with Gasteiger partial charge in [0.1, 0.15) is 4.88 Å². The first-order chi connectivity index (χ1) is 9.23. The van der Waals surface area contributed by atoms with E-state index in [0.29, 0.717) is 5.41 Å². The van der Waals surface area contributed by atoms with Crippen molar-refractivity contribution >= 4 is 29.0 Å². The van der Waals surface area contributed by atoms with Gasteiger partial charge in [0.2, 0.25) is 0 Å². The van der Waals surface area contributed by atoms with Crippen LogP contribution in [0, 0.1) is 11.3 Å². The molecule has 3 rings (SSSR count). The van der Waals surface area contributed by atoms with Gasteiger partial charge in [0.05, 0.1) is 6.20 Å². The Labute approximate surface area is 122 Å². The Hall–Kier alpha value is -0.550. The summed E-state index contributed by atoms with van der Waals surface area (Å²) in [5, 5.41) is 3.06. The Morgan fingerprint density at radius 1 is 1.68 bits per heavy atom. The minimum atomic E-state index is 0.0482. The molecule has 0 aromatic carbocycles. The molecule has 2 atom stereocenters. The molecule has 1 aromatic rings. The largest absolute Gasteiger partial charge is 0.351 e. The number of carbonyl (C=O) groups excluding carboxylic acids is 1. The number of carbonyl (C=O) groups is 1. The molecule has 104 valence electrons. The first kappa shape index (κ1) is 13.4. The normalized spacial score (nSPS) is 28.2. The van der Waals surface area contributed by atoms with Crippen LogP contribution >= 0.6 is 23.1 Å². The topological polar surface area (TPSA) is 42.0 Å². The second-order valence-electron chi connectivity index (χ2n) is 5.58. The van der Waals surface area contributed by atoms with Crippen molar-refractivity contribution in [2.24, 2.45) is 11.3 Å². The van der Waals surface area contributed by atoms with Gasteiger partial charge >= 0.3 is 0 Å². The van der Waals surface area contributed by atoms with Gasteiger partial charge in [-0.15, -0.1) is 11.3 Å². The van der Waals surface area contributed by atoms with Crippen LogP contribution in [0.15, 0.2) is 10.5 Å². The number of nitrogens with zero attached hydrogens (tertiary/aromatic N) is 1. The molecule has 0 radical (unpaired) electrons. The summed E-state index contributed by atoms with van der Waals surface area (Å²) in [4.78, 5) is 17.0. The van der Waals surface area contributed by atoms with Crippen LogP contribution in [-0.2, 0) is 0 Å². The van der Waals surface area contributed by atoms with E-state index in [4.69, 9.17) is 0 Å². The van der Waals surface area contributed by atoms with E-state index < -0.39 is 0 Å². The monoisotopic (exact) mass is 296 g/mol. The van der Waals surface area contributed by atoms with E-state index in [1.165, 1.54) is 43.4 Å². The fourth-order valence-electron chi connectivity index (χ4n) is 3.34. The molecule has 1 N–H and O–H groups in total. The summed E-state index contributed by atoms with van der Waals surface area (Å²) in [7, 11) is 0. The van der Waals surface area contributed by atoms with Crippen molar-refractivity contribution in [3.63, 3.8) is 0 Å². The zero-order valence-corrected chi connectivity index (χ0v) is 12.9. The van der Waals surface area contributed by atoms with Gasteiger partial charge in [-0.05, 0) is 42.8 Å². The molecule has 1 amide bonds. The molecule has 5 heteroatoms. The van der Waals surface area contributed by atoms with Crippen molar-refractivity contribution in [3.8, 4) is 0 Å². The number of thioether (sulfide) groups is 1. The van der Waals surface area contributed by atoms with E-state index >= 15 is 0 Å². The maximum atomic E-state index is 12.0. The third kappa shape index (κ3) is 2.82. The van der Waals surface area contributed by atoms with Crippen LogP contribution in [-0.4, -0.2) is 23.2 Å². The van der Waals surface area contributed by atoms with Crippen LogP contribution in [0.1, 0.15) is 48.7 Å². The second-order valence-corrected chi connectivity index (χ2v) is 8.13. The summed E-state index contributed by atoms with van der Waals surface area (Å²) >= 11 is 3.19. The number of amides is 1. The second kappa shape index (κ2) is 5.44. The van der Waals surface area contributed by atoms with E-state index in [0.717, 1.165) is 27.4 Å². The SMILES string of the molecule is CCSc1ncc(C(=O)NCCC23CCCC2C3)s1. The van der Waals surface area contributed by atoms with Crippen LogP contribution in [0.25, 0.3) is 0 Å². The number of hydrogen-bond acceptors (Lipinski definition) is 4. The Bertz CT molecular complexity index is 474. The molecule has 2 aliphatic carbocycles. The smallest absolute Gasteiger partial charge is 0.263 e. The summed E-state index contributed by atoms with van der Waals surface area (Å²) in [6.07, 6.45) is 8.46. The van der Waals surface area contributed by atoms with Crippen molar-refractivity contribution < 1.29 is 4.79 Å². The lowest BCUT2D eigenvalue weighted by Gasteiger charge is -2.11. The molecule has 2 saturated carbocycles. The fourth-order valence-corrected chi connectivity index (χ4v) is 5.14. The third-order valence-corrected chi connectivity index (χ3v) is 6.51. The van der Waals surface area contributed by atoms with Gasteiger partial charge in [-0.1, -0.05) is 25.1 Å². The molecular formula is C14H20N2OS2. The van der Waals surface area contributed by atoms with Crippen molar-refractivity contribution in [1.29, 1.82) is 0 Å². The van der Waals surface area contributed by atoms with Crippen LogP contribution < -0.4 is 5.32 Å². The average molecular weight is 296 g/mol. The minimum Gasteiger partial charge on any atom is -0.351 e. The number of rotatable bonds is 6. The van der Waals surface area contributed by atoms with Gasteiger partial charge in [0.25, 0.3) is 5.91 Å². The lowest BCUT2D eigenvalue weighted by molar-refractivity contribution is 0.0954. The van der Waals surface area contributed by atoms with Crippen molar-refractivity contribution in [2.45, 2.75) is 43.4 Å². The quantitative estimate of drug-likeness (QED) is 0.816. The molecule has 0 bridgehead atoms. The van der Waals surface area contributed by atoms with E-state index in [9.17, 15) is 4.79 Å². The zero-order valence-electron chi connectivity index (χ0n) is 11.3. The van der Waals surface area contributed by atoms with Crippen LogP contribution in [0.5, 0.6) is 0 Å². The highest BCUT2D eigenvalue weighted by atomic mass is 32.2. The van der Waals surface area contributed by atoms with E-state index in [-0.39, 0.29) is 5.91 Å². The van der Waals surface area contributed by atoms with Gasteiger partial charge in [0, 0.05) is 6.54 Å². The number of nitrogens with one attached hydrogen (secondary N) is 1. The molecule has 2 fully saturated rings. The highest BCUT2D eigenvalue weighted by molar-refractivity contribution is 8.01. The van der Waals surface area contributed by atoms with E-state index in [1.54, 1.807) is 18.0 Å². The lowest BCUT2D eigenvalue weighted by atomic mass is 9.99. The molecule has 0 aliphatic heterocycles. The Balaban J connectivity index is 1.45. The predicted molar refractivity (Wildman–Crippen MR) is 79.9 cm³/mol. The van der Waals surface area contributed by atoms with Crippen molar-refractivity contribution in [1.82, 2.24) is 10.3 Å².